The molecule has 2 aromatic heterocycles. The summed E-state index contributed by atoms with van der Waals surface area (Å²) in [7, 11) is -2.03. The molecule has 2 aromatic rings. The van der Waals surface area contributed by atoms with E-state index in [4.69, 9.17) is 5.14 Å². The lowest BCUT2D eigenvalue weighted by Gasteiger charge is -2.15. The summed E-state index contributed by atoms with van der Waals surface area (Å²) in [6.07, 6.45) is 2.73. The molecule has 9 nitrogen and oxygen atoms in total. The molecule has 1 aliphatic rings. The SMILES string of the molecule is Cn1ncc2c(N3CC(S(N)(=O)=O)CC3=O)ncnc21. The number of nitrogens with two attached hydrogens (primary N) is 1. The van der Waals surface area contributed by atoms with Crippen molar-refractivity contribution in [3.8, 4) is 0 Å². The smallest absolute Gasteiger partial charge is 0.229 e. The summed E-state index contributed by atoms with van der Waals surface area (Å²) in [6.45, 7) is -0.00132. The number of rotatable bonds is 2. The van der Waals surface area contributed by atoms with Crippen molar-refractivity contribution in [3.63, 3.8) is 0 Å². The minimum Gasteiger partial charge on any atom is -0.295 e. The first kappa shape index (κ1) is 12.9. The molecule has 1 aliphatic heterocycles. The highest BCUT2D eigenvalue weighted by atomic mass is 32.2. The van der Waals surface area contributed by atoms with Gasteiger partial charge >= 0.3 is 0 Å². The summed E-state index contributed by atoms with van der Waals surface area (Å²) in [5, 5.41) is 8.85. The lowest BCUT2D eigenvalue weighted by molar-refractivity contribution is -0.117. The van der Waals surface area contributed by atoms with E-state index in [1.54, 1.807) is 17.9 Å². The van der Waals surface area contributed by atoms with Gasteiger partial charge in [0.05, 0.1) is 11.6 Å². The van der Waals surface area contributed by atoms with Crippen molar-refractivity contribution < 1.29 is 13.2 Å². The van der Waals surface area contributed by atoms with Crippen LogP contribution in [0.5, 0.6) is 0 Å². The number of aryl methyl sites for hydroxylation is 1. The van der Waals surface area contributed by atoms with Gasteiger partial charge in [-0.1, -0.05) is 0 Å². The molecule has 1 amide bonds. The number of carbonyl (C=O) groups excluding carboxylic acids is 1. The fourth-order valence-corrected chi connectivity index (χ4v) is 3.00. The van der Waals surface area contributed by atoms with E-state index < -0.39 is 15.3 Å². The van der Waals surface area contributed by atoms with E-state index in [-0.39, 0.29) is 18.9 Å². The fraction of sp³-hybridized carbons (Fsp3) is 0.400. The second-order valence-electron chi connectivity index (χ2n) is 4.62. The van der Waals surface area contributed by atoms with Crippen LogP contribution < -0.4 is 10.0 Å². The average molecular weight is 296 g/mol. The predicted octanol–water partition coefficient (Wildman–Crippen LogP) is -1.24. The van der Waals surface area contributed by atoms with E-state index in [2.05, 4.69) is 15.1 Å². The Morgan fingerprint density at radius 2 is 2.15 bits per heavy atom. The number of carbonyl (C=O) groups is 1. The van der Waals surface area contributed by atoms with Gasteiger partial charge in [-0.25, -0.2) is 23.5 Å². The van der Waals surface area contributed by atoms with Gasteiger partial charge in [0.15, 0.2) is 5.65 Å². The van der Waals surface area contributed by atoms with Crippen LogP contribution in [-0.4, -0.2) is 45.9 Å². The maximum absolute atomic E-state index is 12.0. The maximum Gasteiger partial charge on any atom is 0.229 e. The van der Waals surface area contributed by atoms with Crippen LogP contribution >= 0.6 is 0 Å². The molecular formula is C10H12N6O3S. The molecule has 1 saturated heterocycles. The van der Waals surface area contributed by atoms with E-state index in [0.717, 1.165) is 0 Å². The molecule has 0 radical (unpaired) electrons. The Bertz CT molecular complexity index is 798. The lowest BCUT2D eigenvalue weighted by atomic mass is 10.3. The lowest BCUT2D eigenvalue weighted by Crippen LogP contribution is -2.32. The van der Waals surface area contributed by atoms with E-state index >= 15 is 0 Å². The first-order chi connectivity index (χ1) is 9.38. The van der Waals surface area contributed by atoms with Crippen LogP contribution in [0, 0.1) is 0 Å². The number of anilines is 1. The molecule has 0 spiro atoms. The molecular weight excluding hydrogens is 284 g/mol. The van der Waals surface area contributed by atoms with E-state index in [9.17, 15) is 13.2 Å². The van der Waals surface area contributed by atoms with Crippen LogP contribution in [0.4, 0.5) is 5.82 Å². The molecule has 2 N–H and O–H groups in total. The normalized spacial score (nSPS) is 20.0. The number of hydrogen-bond donors (Lipinski definition) is 1. The zero-order valence-corrected chi connectivity index (χ0v) is 11.4. The number of fused-ring (bicyclic) bond motifs is 1. The second-order valence-corrected chi connectivity index (χ2v) is 6.47. The van der Waals surface area contributed by atoms with Gasteiger partial charge in [0.1, 0.15) is 17.4 Å². The summed E-state index contributed by atoms with van der Waals surface area (Å²) in [6, 6.07) is 0. The van der Waals surface area contributed by atoms with Gasteiger partial charge in [0, 0.05) is 20.0 Å². The standard InChI is InChI=1S/C10H12N6O3S/c1-15-9-7(3-14-15)10(13-5-12-9)16-4-6(2-8(16)17)20(11,18)19/h3,5-6H,2,4H2,1H3,(H2,11,18,19). The Hall–Kier alpha value is -2.07. The largest absolute Gasteiger partial charge is 0.295 e. The monoisotopic (exact) mass is 296 g/mol. The number of primary sulfonamides is 1. The van der Waals surface area contributed by atoms with E-state index in [1.807, 2.05) is 0 Å². The van der Waals surface area contributed by atoms with Crippen molar-refractivity contribution >= 4 is 32.8 Å². The highest BCUT2D eigenvalue weighted by Crippen LogP contribution is 2.27. The minimum absolute atomic E-state index is 0.00132. The van der Waals surface area contributed by atoms with Gasteiger partial charge in [0.25, 0.3) is 0 Å². The Morgan fingerprint density at radius 3 is 2.80 bits per heavy atom. The Morgan fingerprint density at radius 1 is 1.40 bits per heavy atom. The van der Waals surface area contributed by atoms with Gasteiger partial charge in [-0.15, -0.1) is 0 Å². The molecule has 0 aliphatic carbocycles. The van der Waals surface area contributed by atoms with Crippen molar-refractivity contribution in [2.45, 2.75) is 11.7 Å². The summed E-state index contributed by atoms with van der Waals surface area (Å²) in [5.74, 6) is 0.0344. The Labute approximate surface area is 114 Å². The Kier molecular flexibility index (Phi) is 2.73. The molecule has 3 heterocycles. The summed E-state index contributed by atoms with van der Waals surface area (Å²) in [5.41, 5.74) is 0.571. The van der Waals surface area contributed by atoms with Crippen molar-refractivity contribution in [3.05, 3.63) is 12.5 Å². The third-order valence-electron chi connectivity index (χ3n) is 3.32. The van der Waals surface area contributed by atoms with Crippen molar-refractivity contribution in [1.82, 2.24) is 19.7 Å². The van der Waals surface area contributed by atoms with Gasteiger partial charge in [-0.2, -0.15) is 5.10 Å². The quantitative estimate of drug-likeness (QED) is 0.739. The summed E-state index contributed by atoms with van der Waals surface area (Å²) < 4.78 is 24.3. The number of sulfonamides is 1. The highest BCUT2D eigenvalue weighted by molar-refractivity contribution is 7.89. The maximum atomic E-state index is 12.0. The molecule has 0 saturated carbocycles. The van der Waals surface area contributed by atoms with Crippen LogP contribution in [-0.2, 0) is 21.9 Å². The van der Waals surface area contributed by atoms with Gasteiger partial charge < -0.3 is 0 Å². The molecule has 3 rings (SSSR count). The van der Waals surface area contributed by atoms with Crippen LogP contribution in [0.3, 0.4) is 0 Å². The van der Waals surface area contributed by atoms with Gasteiger partial charge in [0.2, 0.25) is 15.9 Å². The van der Waals surface area contributed by atoms with Crippen LogP contribution in [0.25, 0.3) is 11.0 Å². The van der Waals surface area contributed by atoms with Crippen LogP contribution in [0.2, 0.25) is 0 Å². The first-order valence-corrected chi connectivity index (χ1v) is 7.43. The van der Waals surface area contributed by atoms with E-state index in [1.165, 1.54) is 11.2 Å². The number of amides is 1. The molecule has 20 heavy (non-hydrogen) atoms. The molecule has 1 unspecified atom stereocenters. The number of nitrogens with zero attached hydrogens (tertiary/aromatic N) is 5. The van der Waals surface area contributed by atoms with Crippen molar-refractivity contribution in [1.29, 1.82) is 0 Å². The predicted molar refractivity (Wildman–Crippen MR) is 70.2 cm³/mol. The second kappa shape index (κ2) is 4.21. The fourth-order valence-electron chi connectivity index (χ4n) is 2.26. The molecule has 106 valence electrons. The van der Waals surface area contributed by atoms with Gasteiger partial charge in [-0.3, -0.25) is 14.4 Å². The molecule has 0 aromatic carbocycles. The Balaban J connectivity index is 2.06. The molecule has 1 atom stereocenters. The van der Waals surface area contributed by atoms with Crippen molar-refractivity contribution in [2.24, 2.45) is 12.2 Å². The third kappa shape index (κ3) is 1.93. The molecule has 1 fully saturated rings. The zero-order chi connectivity index (χ0) is 14.5. The summed E-state index contributed by atoms with van der Waals surface area (Å²) >= 11 is 0. The van der Waals surface area contributed by atoms with Crippen LogP contribution in [0.15, 0.2) is 12.5 Å². The zero-order valence-electron chi connectivity index (χ0n) is 10.6. The average Bonchev–Trinajstić information content (AvgIpc) is 2.93. The topological polar surface area (TPSA) is 124 Å². The third-order valence-corrected chi connectivity index (χ3v) is 4.56. The summed E-state index contributed by atoms with van der Waals surface area (Å²) in [4.78, 5) is 21.5. The minimum atomic E-state index is -3.75. The van der Waals surface area contributed by atoms with Gasteiger partial charge in [-0.05, 0) is 0 Å². The number of hydrogen-bond acceptors (Lipinski definition) is 6. The number of aromatic nitrogens is 4. The van der Waals surface area contributed by atoms with Crippen LogP contribution in [0.1, 0.15) is 6.42 Å². The van der Waals surface area contributed by atoms with Crippen molar-refractivity contribution in [2.75, 3.05) is 11.4 Å². The first-order valence-electron chi connectivity index (χ1n) is 5.82. The molecule has 10 heteroatoms. The highest BCUT2D eigenvalue weighted by Gasteiger charge is 2.38. The molecule has 0 bridgehead atoms. The van der Waals surface area contributed by atoms with E-state index in [0.29, 0.717) is 16.9 Å².